The molecule has 0 radical (unpaired) electrons. The van der Waals surface area contributed by atoms with E-state index in [4.69, 9.17) is 28.9 Å². The van der Waals surface area contributed by atoms with Gasteiger partial charge in [0.15, 0.2) is 0 Å². The Labute approximate surface area is 117 Å². The van der Waals surface area contributed by atoms with E-state index in [0.717, 1.165) is 6.42 Å². The van der Waals surface area contributed by atoms with Gasteiger partial charge in [0.2, 0.25) is 0 Å². The van der Waals surface area contributed by atoms with Gasteiger partial charge in [-0.3, -0.25) is 4.79 Å². The van der Waals surface area contributed by atoms with E-state index in [1.807, 2.05) is 0 Å². The molecule has 1 unspecified atom stereocenters. The van der Waals surface area contributed by atoms with E-state index in [0.29, 0.717) is 35.2 Å². The standard InChI is InChI=1S/C13H16Cl2N2O/c1-13(7-16)5-6-17(8-13)12(18)11-9(14)3-2-4-10(11)15/h2-4H,5-8,16H2,1H3. The van der Waals surface area contributed by atoms with Crippen molar-refractivity contribution in [2.24, 2.45) is 11.1 Å². The number of halogens is 2. The van der Waals surface area contributed by atoms with E-state index in [-0.39, 0.29) is 11.3 Å². The summed E-state index contributed by atoms with van der Waals surface area (Å²) in [5.41, 5.74) is 6.13. The highest BCUT2D eigenvalue weighted by Crippen LogP contribution is 2.32. The first-order valence-electron chi connectivity index (χ1n) is 5.90. The van der Waals surface area contributed by atoms with Crippen LogP contribution in [0.3, 0.4) is 0 Å². The molecule has 0 aromatic heterocycles. The van der Waals surface area contributed by atoms with E-state index in [1.165, 1.54) is 0 Å². The third-order valence-corrected chi connectivity index (χ3v) is 4.14. The summed E-state index contributed by atoms with van der Waals surface area (Å²) in [5.74, 6) is -0.109. The van der Waals surface area contributed by atoms with Crippen molar-refractivity contribution in [3.8, 4) is 0 Å². The third-order valence-electron chi connectivity index (χ3n) is 3.51. The number of amides is 1. The summed E-state index contributed by atoms with van der Waals surface area (Å²) in [5, 5.41) is 0.794. The number of nitrogens with zero attached hydrogens (tertiary/aromatic N) is 1. The first-order chi connectivity index (χ1) is 8.47. The van der Waals surface area contributed by atoms with E-state index in [9.17, 15) is 4.79 Å². The van der Waals surface area contributed by atoms with Gasteiger partial charge in [-0.05, 0) is 30.5 Å². The number of nitrogens with two attached hydrogens (primary N) is 1. The molecule has 0 spiro atoms. The molecule has 1 heterocycles. The minimum Gasteiger partial charge on any atom is -0.338 e. The highest BCUT2D eigenvalue weighted by atomic mass is 35.5. The average molecular weight is 287 g/mol. The summed E-state index contributed by atoms with van der Waals surface area (Å²) in [6.45, 7) is 4.03. The minimum atomic E-state index is -0.109. The molecule has 1 aromatic rings. The number of rotatable bonds is 2. The van der Waals surface area contributed by atoms with Crippen LogP contribution in [0.2, 0.25) is 10.0 Å². The highest BCUT2D eigenvalue weighted by molar-refractivity contribution is 6.39. The second-order valence-electron chi connectivity index (χ2n) is 5.09. The molecule has 0 aliphatic carbocycles. The van der Waals surface area contributed by atoms with Gasteiger partial charge in [0.1, 0.15) is 0 Å². The van der Waals surface area contributed by atoms with Crippen molar-refractivity contribution in [1.82, 2.24) is 4.90 Å². The van der Waals surface area contributed by atoms with Crippen LogP contribution in [-0.2, 0) is 0 Å². The lowest BCUT2D eigenvalue weighted by molar-refractivity contribution is 0.0777. The van der Waals surface area contributed by atoms with E-state index < -0.39 is 0 Å². The maximum Gasteiger partial charge on any atom is 0.256 e. The SMILES string of the molecule is CC1(CN)CCN(C(=O)c2c(Cl)cccc2Cl)C1. The Morgan fingerprint density at radius 1 is 1.44 bits per heavy atom. The summed E-state index contributed by atoms with van der Waals surface area (Å²) >= 11 is 12.1. The van der Waals surface area contributed by atoms with Crippen molar-refractivity contribution in [2.75, 3.05) is 19.6 Å². The molecule has 2 N–H and O–H groups in total. The molecule has 1 fully saturated rings. The zero-order valence-corrected chi connectivity index (χ0v) is 11.8. The third kappa shape index (κ3) is 2.48. The summed E-state index contributed by atoms with van der Waals surface area (Å²) < 4.78 is 0. The molecule has 98 valence electrons. The summed E-state index contributed by atoms with van der Waals surface area (Å²) in [6.07, 6.45) is 0.914. The van der Waals surface area contributed by atoms with Crippen LogP contribution >= 0.6 is 23.2 Å². The molecule has 5 heteroatoms. The van der Waals surface area contributed by atoms with Gasteiger partial charge in [-0.2, -0.15) is 0 Å². The predicted molar refractivity (Wildman–Crippen MR) is 74.1 cm³/mol. The monoisotopic (exact) mass is 286 g/mol. The van der Waals surface area contributed by atoms with Gasteiger partial charge in [0.05, 0.1) is 15.6 Å². The quantitative estimate of drug-likeness (QED) is 0.909. The zero-order chi connectivity index (χ0) is 13.3. The van der Waals surface area contributed by atoms with Crippen LogP contribution in [-0.4, -0.2) is 30.4 Å². The van der Waals surface area contributed by atoms with Gasteiger partial charge in [-0.15, -0.1) is 0 Å². The molecule has 1 amide bonds. The number of benzene rings is 1. The highest BCUT2D eigenvalue weighted by Gasteiger charge is 2.36. The van der Waals surface area contributed by atoms with Crippen LogP contribution in [0.25, 0.3) is 0 Å². The second kappa shape index (κ2) is 5.08. The van der Waals surface area contributed by atoms with Gasteiger partial charge < -0.3 is 10.6 Å². The van der Waals surface area contributed by atoms with E-state index in [2.05, 4.69) is 6.92 Å². The Balaban J connectivity index is 2.23. The van der Waals surface area contributed by atoms with E-state index in [1.54, 1.807) is 23.1 Å². The average Bonchev–Trinajstić information content (AvgIpc) is 2.72. The van der Waals surface area contributed by atoms with Crippen molar-refractivity contribution in [3.63, 3.8) is 0 Å². The Morgan fingerprint density at radius 3 is 2.56 bits per heavy atom. The Hall–Kier alpha value is -0.770. The summed E-state index contributed by atoms with van der Waals surface area (Å²) in [7, 11) is 0. The molecule has 1 aliphatic rings. The Bertz CT molecular complexity index is 458. The number of carbonyl (C=O) groups is 1. The van der Waals surface area contributed by atoms with Crippen LogP contribution < -0.4 is 5.73 Å². The normalized spacial score (nSPS) is 23.4. The molecule has 1 aliphatic heterocycles. The van der Waals surface area contributed by atoms with Crippen molar-refractivity contribution >= 4 is 29.1 Å². The Morgan fingerprint density at radius 2 is 2.06 bits per heavy atom. The second-order valence-corrected chi connectivity index (χ2v) is 5.90. The van der Waals surface area contributed by atoms with Crippen LogP contribution in [0, 0.1) is 5.41 Å². The number of likely N-dealkylation sites (tertiary alicyclic amines) is 1. The molecule has 1 atom stereocenters. The van der Waals surface area contributed by atoms with Gasteiger partial charge in [0, 0.05) is 13.1 Å². The maximum atomic E-state index is 12.4. The first kappa shape index (κ1) is 13.7. The van der Waals surface area contributed by atoms with Crippen LogP contribution in [0.5, 0.6) is 0 Å². The van der Waals surface area contributed by atoms with Gasteiger partial charge in [-0.25, -0.2) is 0 Å². The topological polar surface area (TPSA) is 46.3 Å². The van der Waals surface area contributed by atoms with Crippen molar-refractivity contribution in [1.29, 1.82) is 0 Å². The lowest BCUT2D eigenvalue weighted by Crippen LogP contribution is -2.34. The smallest absolute Gasteiger partial charge is 0.256 e. The van der Waals surface area contributed by atoms with Crippen LogP contribution in [0.4, 0.5) is 0 Å². The summed E-state index contributed by atoms with van der Waals surface area (Å²) in [6, 6.07) is 5.09. The fourth-order valence-corrected chi connectivity index (χ4v) is 2.78. The lowest BCUT2D eigenvalue weighted by atomic mass is 9.90. The molecule has 0 saturated carbocycles. The fourth-order valence-electron chi connectivity index (χ4n) is 2.22. The lowest BCUT2D eigenvalue weighted by Gasteiger charge is -2.23. The largest absolute Gasteiger partial charge is 0.338 e. The molecule has 2 rings (SSSR count). The van der Waals surface area contributed by atoms with Crippen LogP contribution in [0.1, 0.15) is 23.7 Å². The molecule has 1 aromatic carbocycles. The summed E-state index contributed by atoms with van der Waals surface area (Å²) in [4.78, 5) is 14.2. The van der Waals surface area contributed by atoms with Crippen molar-refractivity contribution in [3.05, 3.63) is 33.8 Å². The molecule has 3 nitrogen and oxygen atoms in total. The predicted octanol–water partition coefficient (Wildman–Crippen LogP) is 2.80. The number of hydrogen-bond acceptors (Lipinski definition) is 2. The van der Waals surface area contributed by atoms with Gasteiger partial charge >= 0.3 is 0 Å². The van der Waals surface area contributed by atoms with Crippen molar-refractivity contribution < 1.29 is 4.79 Å². The number of hydrogen-bond donors (Lipinski definition) is 1. The Kier molecular flexibility index (Phi) is 3.85. The maximum absolute atomic E-state index is 12.4. The van der Waals surface area contributed by atoms with Crippen molar-refractivity contribution in [2.45, 2.75) is 13.3 Å². The number of carbonyl (C=O) groups excluding carboxylic acids is 1. The zero-order valence-electron chi connectivity index (χ0n) is 10.2. The molecular weight excluding hydrogens is 271 g/mol. The molecule has 0 bridgehead atoms. The molecule has 1 saturated heterocycles. The van der Waals surface area contributed by atoms with Gasteiger partial charge in [-0.1, -0.05) is 36.2 Å². The first-order valence-corrected chi connectivity index (χ1v) is 6.66. The van der Waals surface area contributed by atoms with E-state index >= 15 is 0 Å². The fraction of sp³-hybridized carbons (Fsp3) is 0.462. The molecule has 18 heavy (non-hydrogen) atoms. The van der Waals surface area contributed by atoms with Crippen LogP contribution in [0.15, 0.2) is 18.2 Å². The minimum absolute atomic E-state index is 0.00337. The van der Waals surface area contributed by atoms with Gasteiger partial charge in [0.25, 0.3) is 5.91 Å². The molecular formula is C13H16Cl2N2O.